The molecule has 2 N–H and O–H groups in total. The maximum atomic E-state index is 14.1. The number of amides is 1. The summed E-state index contributed by atoms with van der Waals surface area (Å²) in [6, 6.07) is 9.27. The number of carboxylic acids is 1. The maximum Gasteiger partial charge on any atom is 0.336 e. The van der Waals surface area contributed by atoms with Gasteiger partial charge in [-0.3, -0.25) is 4.79 Å². The van der Waals surface area contributed by atoms with Crippen LogP contribution in [0.1, 0.15) is 34.3 Å². The van der Waals surface area contributed by atoms with E-state index in [1.807, 2.05) is 0 Å². The van der Waals surface area contributed by atoms with Gasteiger partial charge < -0.3 is 24.6 Å². The zero-order valence-electron chi connectivity index (χ0n) is 16.9. The molecule has 0 bridgehead atoms. The second-order valence-electron chi connectivity index (χ2n) is 7.10. The van der Waals surface area contributed by atoms with Crippen molar-refractivity contribution in [3.05, 3.63) is 58.9 Å². The second kappa shape index (κ2) is 9.13. The fourth-order valence-electron chi connectivity index (χ4n) is 3.57. The van der Waals surface area contributed by atoms with Gasteiger partial charge in [0.2, 0.25) is 0 Å². The number of carbonyl (C=O) groups is 2. The summed E-state index contributed by atoms with van der Waals surface area (Å²) in [7, 11) is 2.92. The SMILES string of the molecule is COc1ccc(C(=O)NCc2cc(CC3(C(=O)O)CCCO3)ccc2OC)c(F)c1. The van der Waals surface area contributed by atoms with E-state index in [4.69, 9.17) is 14.2 Å². The van der Waals surface area contributed by atoms with Crippen LogP contribution in [0.2, 0.25) is 0 Å². The first-order valence-electron chi connectivity index (χ1n) is 9.53. The first-order chi connectivity index (χ1) is 14.4. The third-order valence-electron chi connectivity index (χ3n) is 5.19. The highest BCUT2D eigenvalue weighted by atomic mass is 19.1. The Morgan fingerprint density at radius 3 is 2.60 bits per heavy atom. The Labute approximate surface area is 173 Å². The smallest absolute Gasteiger partial charge is 0.336 e. The van der Waals surface area contributed by atoms with Crippen LogP contribution in [0.15, 0.2) is 36.4 Å². The van der Waals surface area contributed by atoms with E-state index in [0.717, 1.165) is 11.6 Å². The molecular formula is C22H24FNO6. The Balaban J connectivity index is 1.76. The lowest BCUT2D eigenvalue weighted by molar-refractivity contribution is -0.159. The van der Waals surface area contributed by atoms with E-state index in [1.54, 1.807) is 18.2 Å². The minimum atomic E-state index is -1.23. The standard InChI is InChI=1S/C22H24FNO6/c1-28-16-5-6-17(18(23)11-16)20(25)24-13-15-10-14(4-7-19(15)29-2)12-22(21(26)27)8-3-9-30-22/h4-7,10-11H,3,8-9,12-13H2,1-2H3,(H,24,25)(H,26,27). The topological polar surface area (TPSA) is 94.1 Å². The molecule has 1 atom stereocenters. The molecule has 0 spiro atoms. The number of halogens is 1. The highest BCUT2D eigenvalue weighted by Crippen LogP contribution is 2.31. The molecule has 0 aromatic heterocycles. The normalized spacial score (nSPS) is 18.1. The maximum absolute atomic E-state index is 14.1. The van der Waals surface area contributed by atoms with Crippen molar-refractivity contribution in [3.63, 3.8) is 0 Å². The number of ether oxygens (including phenoxy) is 3. The number of methoxy groups -OCH3 is 2. The number of nitrogens with one attached hydrogen (secondary N) is 1. The van der Waals surface area contributed by atoms with Crippen molar-refractivity contribution in [2.45, 2.75) is 31.4 Å². The predicted molar refractivity (Wildman–Crippen MR) is 106 cm³/mol. The van der Waals surface area contributed by atoms with Crippen LogP contribution < -0.4 is 14.8 Å². The van der Waals surface area contributed by atoms with Gasteiger partial charge in [0.25, 0.3) is 5.91 Å². The van der Waals surface area contributed by atoms with Crippen LogP contribution in [0.3, 0.4) is 0 Å². The quantitative estimate of drug-likeness (QED) is 0.686. The highest BCUT2D eigenvalue weighted by Gasteiger charge is 2.43. The van der Waals surface area contributed by atoms with E-state index < -0.39 is 23.3 Å². The van der Waals surface area contributed by atoms with Crippen molar-refractivity contribution >= 4 is 11.9 Å². The van der Waals surface area contributed by atoms with E-state index in [9.17, 15) is 19.1 Å². The second-order valence-corrected chi connectivity index (χ2v) is 7.10. The van der Waals surface area contributed by atoms with Gasteiger partial charge in [-0.2, -0.15) is 0 Å². The third kappa shape index (κ3) is 4.54. The molecule has 0 radical (unpaired) electrons. The Kier molecular flexibility index (Phi) is 6.56. The third-order valence-corrected chi connectivity index (χ3v) is 5.19. The van der Waals surface area contributed by atoms with Gasteiger partial charge in [0.1, 0.15) is 17.3 Å². The predicted octanol–water partition coefficient (Wildman–Crippen LogP) is 2.95. The molecule has 8 heteroatoms. The molecule has 2 aromatic carbocycles. The van der Waals surface area contributed by atoms with Crippen LogP contribution in [-0.2, 0) is 22.5 Å². The summed E-state index contributed by atoms with van der Waals surface area (Å²) in [5.41, 5.74) is 0.0623. The minimum absolute atomic E-state index is 0.0856. The summed E-state index contributed by atoms with van der Waals surface area (Å²) in [6.45, 7) is 0.501. The lowest BCUT2D eigenvalue weighted by Gasteiger charge is -2.24. The lowest BCUT2D eigenvalue weighted by Crippen LogP contribution is -2.40. The number of rotatable bonds is 8. The molecule has 7 nitrogen and oxygen atoms in total. The van der Waals surface area contributed by atoms with Crippen LogP contribution >= 0.6 is 0 Å². The molecule has 30 heavy (non-hydrogen) atoms. The molecule has 1 unspecified atom stereocenters. The highest BCUT2D eigenvalue weighted by molar-refractivity contribution is 5.94. The van der Waals surface area contributed by atoms with Crippen LogP contribution in [-0.4, -0.2) is 43.4 Å². The Bertz CT molecular complexity index is 939. The van der Waals surface area contributed by atoms with Gasteiger partial charge in [0, 0.05) is 31.2 Å². The van der Waals surface area contributed by atoms with Crippen LogP contribution in [0.25, 0.3) is 0 Å². The summed E-state index contributed by atoms with van der Waals surface area (Å²) in [6.07, 6.45) is 1.34. The Morgan fingerprint density at radius 2 is 2.00 bits per heavy atom. The van der Waals surface area contributed by atoms with Gasteiger partial charge in [-0.15, -0.1) is 0 Å². The average molecular weight is 417 g/mol. The van der Waals surface area contributed by atoms with Crippen molar-refractivity contribution < 1.29 is 33.3 Å². The molecule has 1 fully saturated rings. The Hall–Kier alpha value is -3.13. The van der Waals surface area contributed by atoms with Crippen molar-refractivity contribution in [2.75, 3.05) is 20.8 Å². The Morgan fingerprint density at radius 1 is 1.20 bits per heavy atom. The molecule has 1 heterocycles. The number of hydrogen-bond donors (Lipinski definition) is 2. The molecule has 160 valence electrons. The molecule has 1 aliphatic heterocycles. The number of carbonyl (C=O) groups excluding carboxylic acids is 1. The number of carboxylic acid groups (broad SMARTS) is 1. The van der Waals surface area contributed by atoms with Crippen molar-refractivity contribution in [1.29, 1.82) is 0 Å². The number of hydrogen-bond acceptors (Lipinski definition) is 5. The summed E-state index contributed by atoms with van der Waals surface area (Å²) >= 11 is 0. The molecule has 0 aliphatic carbocycles. The fourth-order valence-corrected chi connectivity index (χ4v) is 3.57. The van der Waals surface area contributed by atoms with Gasteiger partial charge in [-0.05, 0) is 36.6 Å². The monoisotopic (exact) mass is 417 g/mol. The summed E-state index contributed by atoms with van der Waals surface area (Å²) in [5.74, 6) is -1.40. The van der Waals surface area contributed by atoms with Gasteiger partial charge in [-0.25, -0.2) is 9.18 Å². The van der Waals surface area contributed by atoms with E-state index in [2.05, 4.69) is 5.32 Å². The molecule has 0 saturated carbocycles. The van der Waals surface area contributed by atoms with Gasteiger partial charge in [0.05, 0.1) is 19.8 Å². The van der Waals surface area contributed by atoms with Crippen LogP contribution in [0.5, 0.6) is 11.5 Å². The summed E-state index contributed by atoms with van der Waals surface area (Å²) in [4.78, 5) is 24.1. The van der Waals surface area contributed by atoms with Crippen molar-refractivity contribution in [2.24, 2.45) is 0 Å². The average Bonchev–Trinajstić information content (AvgIpc) is 3.22. The number of aliphatic carboxylic acids is 1. The van der Waals surface area contributed by atoms with E-state index in [1.165, 1.54) is 26.4 Å². The van der Waals surface area contributed by atoms with Crippen molar-refractivity contribution in [1.82, 2.24) is 5.32 Å². The van der Waals surface area contributed by atoms with Crippen molar-refractivity contribution in [3.8, 4) is 11.5 Å². The van der Waals surface area contributed by atoms with Gasteiger partial charge in [0.15, 0.2) is 5.60 Å². The molecule has 1 amide bonds. The molecule has 1 aliphatic rings. The fraction of sp³-hybridized carbons (Fsp3) is 0.364. The lowest BCUT2D eigenvalue weighted by atomic mass is 9.91. The largest absolute Gasteiger partial charge is 0.497 e. The molecule has 1 saturated heterocycles. The first-order valence-corrected chi connectivity index (χ1v) is 9.53. The number of benzene rings is 2. The summed E-state index contributed by atoms with van der Waals surface area (Å²) < 4.78 is 30.0. The van der Waals surface area contributed by atoms with Gasteiger partial charge in [-0.1, -0.05) is 12.1 Å². The van der Waals surface area contributed by atoms with Crippen LogP contribution in [0, 0.1) is 5.82 Å². The molecular weight excluding hydrogens is 393 g/mol. The molecule has 2 aromatic rings. The van der Waals surface area contributed by atoms with E-state index >= 15 is 0 Å². The van der Waals surface area contributed by atoms with Gasteiger partial charge >= 0.3 is 5.97 Å². The van der Waals surface area contributed by atoms with E-state index in [-0.39, 0.29) is 18.5 Å². The summed E-state index contributed by atoms with van der Waals surface area (Å²) in [5, 5.41) is 12.3. The minimum Gasteiger partial charge on any atom is -0.497 e. The molecule has 3 rings (SSSR count). The zero-order valence-corrected chi connectivity index (χ0v) is 16.9. The van der Waals surface area contributed by atoms with E-state index in [0.29, 0.717) is 36.5 Å². The zero-order chi connectivity index (χ0) is 21.7. The first kappa shape index (κ1) is 21.6. The van der Waals surface area contributed by atoms with Crippen LogP contribution in [0.4, 0.5) is 4.39 Å².